The van der Waals surface area contributed by atoms with Crippen LogP contribution in [-0.2, 0) is 6.54 Å². The second-order valence-corrected chi connectivity index (χ2v) is 5.91. The molecule has 2 aromatic heterocycles. The molecule has 136 valence electrons. The highest BCUT2D eigenvalue weighted by Crippen LogP contribution is 2.39. The predicted molar refractivity (Wildman–Crippen MR) is 89.6 cm³/mol. The number of nitrogens with zero attached hydrogens (tertiary/aromatic N) is 4. The molecule has 11 heteroatoms. The van der Waals surface area contributed by atoms with Gasteiger partial charge in [-0.1, -0.05) is 15.9 Å². The molecule has 2 N–H and O–H groups in total. The molecule has 0 atom stereocenters. The van der Waals surface area contributed by atoms with Crippen molar-refractivity contribution in [3.63, 3.8) is 0 Å². The molecule has 26 heavy (non-hydrogen) atoms. The van der Waals surface area contributed by atoms with Gasteiger partial charge in [-0.2, -0.15) is 4.98 Å². The number of aromatic nitrogens is 3. The molecule has 0 radical (unpaired) electrons. The van der Waals surface area contributed by atoms with Gasteiger partial charge in [0.25, 0.3) is 0 Å². The number of benzene rings is 1. The average molecular weight is 430 g/mol. The van der Waals surface area contributed by atoms with Crippen molar-refractivity contribution < 1.29 is 22.3 Å². The maximum absolute atomic E-state index is 12.8. The van der Waals surface area contributed by atoms with Crippen LogP contribution in [0.3, 0.4) is 0 Å². The van der Waals surface area contributed by atoms with E-state index < -0.39 is 12.1 Å². The number of hydrogen-bond donors (Lipinski definition) is 1. The SMILES string of the molecule is Nc1nccc(N(Cc2cocn2)c2ccc(Br)cc2OC(F)(F)F)n1. The van der Waals surface area contributed by atoms with E-state index in [-0.39, 0.29) is 24.0 Å². The molecule has 0 fully saturated rings. The molecule has 0 saturated heterocycles. The standard InChI is InChI=1S/C15H11BrF3N5O2/c16-9-1-2-11(12(5-9)26-15(17,18)19)24(6-10-7-25-8-22-10)13-3-4-21-14(20)23-13/h1-5,7-8H,6H2,(H2,20,21,23). The Hall–Kier alpha value is -2.82. The summed E-state index contributed by atoms with van der Waals surface area (Å²) < 4.78 is 48.0. The van der Waals surface area contributed by atoms with Crippen molar-refractivity contribution in [2.24, 2.45) is 0 Å². The Balaban J connectivity index is 2.09. The molecule has 7 nitrogen and oxygen atoms in total. The van der Waals surface area contributed by atoms with Crippen molar-refractivity contribution in [1.82, 2.24) is 15.0 Å². The minimum absolute atomic E-state index is 0.0249. The third-order valence-electron chi connectivity index (χ3n) is 3.18. The van der Waals surface area contributed by atoms with Crippen LogP contribution >= 0.6 is 15.9 Å². The predicted octanol–water partition coefficient (Wildman–Crippen LogP) is 4.05. The average Bonchev–Trinajstić information content (AvgIpc) is 3.05. The minimum atomic E-state index is -4.86. The lowest BCUT2D eigenvalue weighted by atomic mass is 10.2. The third-order valence-corrected chi connectivity index (χ3v) is 3.67. The first kappa shape index (κ1) is 18.0. The lowest BCUT2D eigenvalue weighted by Gasteiger charge is -2.25. The summed E-state index contributed by atoms with van der Waals surface area (Å²) in [5, 5.41) is 0. The van der Waals surface area contributed by atoms with Crippen LogP contribution in [0, 0.1) is 0 Å². The maximum atomic E-state index is 12.8. The molecule has 2 heterocycles. The summed E-state index contributed by atoms with van der Waals surface area (Å²) in [5.74, 6) is -0.162. The first-order valence-corrected chi connectivity index (χ1v) is 7.89. The van der Waals surface area contributed by atoms with E-state index in [1.807, 2.05) is 0 Å². The van der Waals surface area contributed by atoms with Gasteiger partial charge in [-0.15, -0.1) is 13.2 Å². The molecule has 0 amide bonds. The number of hydrogen-bond acceptors (Lipinski definition) is 7. The Morgan fingerprint density at radius 2 is 2.04 bits per heavy atom. The number of nitrogens with two attached hydrogens (primary N) is 1. The Labute approximate surface area is 153 Å². The lowest BCUT2D eigenvalue weighted by Crippen LogP contribution is -2.23. The zero-order valence-electron chi connectivity index (χ0n) is 12.9. The maximum Gasteiger partial charge on any atom is 0.573 e. The summed E-state index contributed by atoms with van der Waals surface area (Å²) in [6.45, 7) is 0.0722. The largest absolute Gasteiger partial charge is 0.573 e. The van der Waals surface area contributed by atoms with E-state index in [0.29, 0.717) is 10.2 Å². The van der Waals surface area contributed by atoms with E-state index in [1.54, 1.807) is 6.07 Å². The minimum Gasteiger partial charge on any atom is -0.451 e. The first-order chi connectivity index (χ1) is 12.3. The van der Waals surface area contributed by atoms with E-state index in [9.17, 15) is 13.2 Å². The second-order valence-electron chi connectivity index (χ2n) is 5.00. The fourth-order valence-corrected chi connectivity index (χ4v) is 2.54. The van der Waals surface area contributed by atoms with Crippen molar-refractivity contribution in [2.75, 3.05) is 10.6 Å². The summed E-state index contributed by atoms with van der Waals surface area (Å²) >= 11 is 3.14. The molecular weight excluding hydrogens is 419 g/mol. The smallest absolute Gasteiger partial charge is 0.451 e. The van der Waals surface area contributed by atoms with Gasteiger partial charge in [0.15, 0.2) is 12.1 Å². The molecule has 3 aromatic rings. The summed E-state index contributed by atoms with van der Waals surface area (Å²) in [4.78, 5) is 13.3. The van der Waals surface area contributed by atoms with E-state index in [1.165, 1.54) is 42.0 Å². The molecule has 0 aliphatic carbocycles. The summed E-state index contributed by atoms with van der Waals surface area (Å²) in [5.41, 5.74) is 6.20. The van der Waals surface area contributed by atoms with Gasteiger partial charge in [0.1, 0.15) is 12.1 Å². The van der Waals surface area contributed by atoms with E-state index >= 15 is 0 Å². The van der Waals surface area contributed by atoms with Crippen LogP contribution in [0.15, 0.2) is 52.0 Å². The van der Waals surface area contributed by atoms with E-state index in [4.69, 9.17) is 10.2 Å². The van der Waals surface area contributed by atoms with Crippen molar-refractivity contribution in [1.29, 1.82) is 0 Å². The number of oxazole rings is 1. The molecule has 0 saturated carbocycles. The highest BCUT2D eigenvalue weighted by Gasteiger charge is 2.33. The number of ether oxygens (including phenoxy) is 1. The molecule has 0 spiro atoms. The number of halogens is 4. The summed E-state index contributed by atoms with van der Waals surface area (Å²) in [6, 6.07) is 5.77. The molecule has 0 unspecified atom stereocenters. The fraction of sp³-hybridized carbons (Fsp3) is 0.133. The zero-order valence-corrected chi connectivity index (χ0v) is 14.5. The Kier molecular flexibility index (Phi) is 4.98. The molecule has 3 rings (SSSR count). The van der Waals surface area contributed by atoms with Gasteiger partial charge in [-0.3, -0.25) is 0 Å². The zero-order chi connectivity index (χ0) is 18.7. The quantitative estimate of drug-likeness (QED) is 0.653. The lowest BCUT2D eigenvalue weighted by molar-refractivity contribution is -0.274. The summed E-state index contributed by atoms with van der Waals surface area (Å²) in [6.07, 6.45) is -0.867. The van der Waals surface area contributed by atoms with Crippen molar-refractivity contribution in [2.45, 2.75) is 12.9 Å². The van der Waals surface area contributed by atoms with Crippen LogP contribution in [0.1, 0.15) is 5.69 Å². The van der Waals surface area contributed by atoms with Gasteiger partial charge in [-0.05, 0) is 24.3 Å². The van der Waals surface area contributed by atoms with E-state index in [0.717, 1.165) is 0 Å². The van der Waals surface area contributed by atoms with Gasteiger partial charge in [-0.25, -0.2) is 9.97 Å². The molecule has 0 aliphatic rings. The van der Waals surface area contributed by atoms with Gasteiger partial charge < -0.3 is 19.8 Å². The molecule has 0 aliphatic heterocycles. The number of nitrogen functional groups attached to an aromatic ring is 1. The highest BCUT2D eigenvalue weighted by atomic mass is 79.9. The molecule has 0 bridgehead atoms. The Morgan fingerprint density at radius 1 is 1.23 bits per heavy atom. The van der Waals surface area contributed by atoms with Gasteiger partial charge in [0.2, 0.25) is 5.95 Å². The fourth-order valence-electron chi connectivity index (χ4n) is 2.20. The van der Waals surface area contributed by atoms with E-state index in [2.05, 4.69) is 35.6 Å². The van der Waals surface area contributed by atoms with Crippen LogP contribution in [-0.4, -0.2) is 21.3 Å². The first-order valence-electron chi connectivity index (χ1n) is 7.10. The third kappa shape index (κ3) is 4.42. The molecule has 1 aromatic carbocycles. The van der Waals surface area contributed by atoms with Gasteiger partial charge in [0.05, 0.1) is 17.9 Å². The van der Waals surface area contributed by atoms with Gasteiger partial charge >= 0.3 is 6.36 Å². The number of alkyl halides is 3. The monoisotopic (exact) mass is 429 g/mol. The Bertz CT molecular complexity index is 889. The second kappa shape index (κ2) is 7.20. The van der Waals surface area contributed by atoms with Crippen LogP contribution in [0.25, 0.3) is 0 Å². The van der Waals surface area contributed by atoms with Crippen LogP contribution in [0.5, 0.6) is 5.75 Å². The summed E-state index contributed by atoms with van der Waals surface area (Å²) in [7, 11) is 0. The van der Waals surface area contributed by atoms with Crippen LogP contribution in [0.2, 0.25) is 0 Å². The van der Waals surface area contributed by atoms with Crippen molar-refractivity contribution >= 4 is 33.4 Å². The van der Waals surface area contributed by atoms with Crippen molar-refractivity contribution in [3.8, 4) is 5.75 Å². The number of rotatable bonds is 5. The topological polar surface area (TPSA) is 90.3 Å². The number of anilines is 3. The van der Waals surface area contributed by atoms with Gasteiger partial charge in [0, 0.05) is 10.7 Å². The van der Waals surface area contributed by atoms with Crippen molar-refractivity contribution in [3.05, 3.63) is 53.3 Å². The van der Waals surface area contributed by atoms with Crippen LogP contribution in [0.4, 0.5) is 30.6 Å². The van der Waals surface area contributed by atoms with Crippen LogP contribution < -0.4 is 15.4 Å². The highest BCUT2D eigenvalue weighted by molar-refractivity contribution is 9.10. The normalized spacial score (nSPS) is 11.4. The Morgan fingerprint density at radius 3 is 2.69 bits per heavy atom. The molecular formula is C15H11BrF3N5O2.